The first-order valence-electron chi connectivity index (χ1n) is 11.5. The topological polar surface area (TPSA) is 34.1 Å². The lowest BCUT2D eigenvalue weighted by Gasteiger charge is -2.35. The van der Waals surface area contributed by atoms with Gasteiger partial charge in [-0.2, -0.15) is 0 Å². The first kappa shape index (κ1) is 20.9. The van der Waals surface area contributed by atoms with Crippen LogP contribution in [0.5, 0.6) is 0 Å². The van der Waals surface area contributed by atoms with Crippen LogP contribution >= 0.6 is 0 Å². The molecular weight excluding hydrogens is 436 g/mol. The smallest absolute Gasteiger partial charge is 0.206 e. The Morgan fingerprint density at radius 1 is 0.529 bits per heavy atom. The molecule has 0 bridgehead atoms. The van der Waals surface area contributed by atoms with E-state index in [2.05, 4.69) is 68.4 Å². The molecule has 5 aromatic carbocycles. The Morgan fingerprint density at radius 3 is 1.91 bits per heavy atom. The molecule has 6 rings (SSSR count). The van der Waals surface area contributed by atoms with Crippen LogP contribution in [0.3, 0.4) is 0 Å². The van der Waals surface area contributed by atoms with Gasteiger partial charge in [0.25, 0.3) is 0 Å². The molecule has 0 N–H and O–H groups in total. The van der Waals surface area contributed by atoms with Gasteiger partial charge in [-0.05, 0) is 68.4 Å². The van der Waals surface area contributed by atoms with E-state index in [0.717, 1.165) is 11.1 Å². The van der Waals surface area contributed by atoms with E-state index in [0.29, 0.717) is 9.79 Å². The van der Waals surface area contributed by atoms with E-state index in [4.69, 9.17) is 0 Å². The predicted molar refractivity (Wildman–Crippen MR) is 139 cm³/mol. The summed E-state index contributed by atoms with van der Waals surface area (Å²) in [7, 11) is -3.54. The molecule has 0 fully saturated rings. The van der Waals surface area contributed by atoms with Crippen LogP contribution in [-0.2, 0) is 15.3 Å². The van der Waals surface area contributed by atoms with Crippen LogP contribution in [-0.4, -0.2) is 8.42 Å². The van der Waals surface area contributed by atoms with Crippen LogP contribution in [0.1, 0.15) is 25.0 Å². The predicted octanol–water partition coefficient (Wildman–Crippen LogP) is 7.65. The Bertz CT molecular complexity index is 1660. The molecule has 3 heteroatoms. The zero-order valence-corrected chi connectivity index (χ0v) is 19.9. The van der Waals surface area contributed by atoms with E-state index >= 15 is 0 Å². The molecule has 0 radical (unpaired) electrons. The summed E-state index contributed by atoms with van der Waals surface area (Å²) in [6.07, 6.45) is 0. The van der Waals surface area contributed by atoms with Crippen LogP contribution < -0.4 is 0 Å². The van der Waals surface area contributed by atoms with Gasteiger partial charge in [-0.25, -0.2) is 8.42 Å². The molecule has 2 nitrogen and oxygen atoms in total. The molecule has 1 aliphatic rings. The second-order valence-electron chi connectivity index (χ2n) is 9.40. The quantitative estimate of drug-likeness (QED) is 0.277. The van der Waals surface area contributed by atoms with E-state index in [1.807, 2.05) is 18.2 Å². The number of fused-ring (bicyclic) bond motifs is 2. The van der Waals surface area contributed by atoms with Gasteiger partial charge in [0.15, 0.2) is 0 Å². The fraction of sp³-hybridized carbons (Fsp3) is 0.0968. The molecule has 0 aromatic heterocycles. The number of benzene rings is 5. The average Bonchev–Trinajstić information content (AvgIpc) is 2.88. The van der Waals surface area contributed by atoms with Gasteiger partial charge in [0.2, 0.25) is 9.84 Å². The number of rotatable bonds is 3. The van der Waals surface area contributed by atoms with Gasteiger partial charge in [0.1, 0.15) is 0 Å². The Labute approximate surface area is 200 Å². The molecule has 0 heterocycles. The summed E-state index contributed by atoms with van der Waals surface area (Å²) in [5.41, 5.74) is 7.23. The van der Waals surface area contributed by atoms with Crippen molar-refractivity contribution in [1.82, 2.24) is 0 Å². The first-order chi connectivity index (χ1) is 16.4. The fourth-order valence-electron chi connectivity index (χ4n) is 5.36. The van der Waals surface area contributed by atoms with Crippen LogP contribution in [0.2, 0.25) is 0 Å². The summed E-state index contributed by atoms with van der Waals surface area (Å²) >= 11 is 0. The minimum Gasteiger partial charge on any atom is -0.219 e. The van der Waals surface area contributed by atoms with E-state index in [1.165, 1.54) is 33.0 Å². The highest BCUT2D eigenvalue weighted by Gasteiger charge is 2.33. The molecule has 1 aliphatic carbocycles. The highest BCUT2D eigenvalue weighted by atomic mass is 32.2. The maximum atomic E-state index is 13.0. The normalized spacial score (nSPS) is 14.1. The number of hydrogen-bond acceptors (Lipinski definition) is 2. The molecule has 0 aliphatic heterocycles. The van der Waals surface area contributed by atoms with Gasteiger partial charge in [-0.3, -0.25) is 0 Å². The van der Waals surface area contributed by atoms with Gasteiger partial charge < -0.3 is 0 Å². The van der Waals surface area contributed by atoms with Crippen molar-refractivity contribution in [3.63, 3.8) is 0 Å². The van der Waals surface area contributed by atoms with Crippen LogP contribution in [0, 0.1) is 0 Å². The van der Waals surface area contributed by atoms with E-state index in [1.54, 1.807) is 36.4 Å². The summed E-state index contributed by atoms with van der Waals surface area (Å²) < 4.78 is 26.0. The van der Waals surface area contributed by atoms with Crippen molar-refractivity contribution in [2.24, 2.45) is 0 Å². The van der Waals surface area contributed by atoms with Crippen molar-refractivity contribution in [1.29, 1.82) is 0 Å². The summed E-state index contributed by atoms with van der Waals surface area (Å²) in [5.74, 6) is 0. The molecular formula is C31H24O2S. The Morgan fingerprint density at radius 2 is 1.15 bits per heavy atom. The summed E-state index contributed by atoms with van der Waals surface area (Å²) in [6.45, 7) is 4.58. The third-order valence-electron chi connectivity index (χ3n) is 7.13. The standard InChI is InChI=1S/C31H24O2S/c1-31(2)28-13-7-6-11-25(28)27-20-19-24(26-12-8-14-29(31)30(26)27)21-15-17-23(18-16-21)34(32,33)22-9-4-3-5-10-22/h3-20H,1-2H3. The number of sulfone groups is 1. The molecule has 0 amide bonds. The summed E-state index contributed by atoms with van der Waals surface area (Å²) in [6, 6.07) is 35.4. The molecule has 5 aromatic rings. The highest BCUT2D eigenvalue weighted by molar-refractivity contribution is 7.91. The van der Waals surface area contributed by atoms with Crippen molar-refractivity contribution in [3.8, 4) is 22.3 Å². The monoisotopic (exact) mass is 460 g/mol. The second-order valence-corrected chi connectivity index (χ2v) is 11.3. The Hall–Kier alpha value is -3.69. The minimum absolute atomic E-state index is 0.102. The van der Waals surface area contributed by atoms with Crippen molar-refractivity contribution < 1.29 is 8.42 Å². The Balaban J connectivity index is 1.52. The van der Waals surface area contributed by atoms with E-state index in [9.17, 15) is 8.42 Å². The molecule has 34 heavy (non-hydrogen) atoms. The average molecular weight is 461 g/mol. The zero-order valence-electron chi connectivity index (χ0n) is 19.1. The van der Waals surface area contributed by atoms with Crippen LogP contribution in [0.25, 0.3) is 33.0 Å². The second kappa shape index (κ2) is 7.41. The van der Waals surface area contributed by atoms with Gasteiger partial charge in [-0.15, -0.1) is 0 Å². The van der Waals surface area contributed by atoms with Gasteiger partial charge in [0.05, 0.1) is 9.79 Å². The third-order valence-corrected chi connectivity index (χ3v) is 8.92. The van der Waals surface area contributed by atoms with E-state index in [-0.39, 0.29) is 5.41 Å². The SMILES string of the molecule is CC1(C)c2ccccc2-c2ccc(-c3ccc(S(=O)(=O)c4ccccc4)cc3)c3cccc1c23. The van der Waals surface area contributed by atoms with Gasteiger partial charge in [-0.1, -0.05) is 98.8 Å². The van der Waals surface area contributed by atoms with Crippen LogP contribution in [0.4, 0.5) is 0 Å². The van der Waals surface area contributed by atoms with Gasteiger partial charge in [0, 0.05) is 5.41 Å². The lowest BCUT2D eigenvalue weighted by molar-refractivity contribution is 0.596. The fourth-order valence-corrected chi connectivity index (χ4v) is 6.64. The van der Waals surface area contributed by atoms with E-state index < -0.39 is 9.84 Å². The summed E-state index contributed by atoms with van der Waals surface area (Å²) in [5, 5.41) is 2.47. The van der Waals surface area contributed by atoms with Crippen molar-refractivity contribution in [3.05, 3.63) is 120 Å². The Kier molecular flexibility index (Phi) is 4.55. The summed E-state index contributed by atoms with van der Waals surface area (Å²) in [4.78, 5) is 0.616. The zero-order chi connectivity index (χ0) is 23.5. The molecule has 166 valence electrons. The highest BCUT2D eigenvalue weighted by Crippen LogP contribution is 2.50. The third kappa shape index (κ3) is 2.97. The molecule has 0 saturated heterocycles. The molecule has 0 unspecified atom stereocenters. The van der Waals surface area contributed by atoms with Gasteiger partial charge >= 0.3 is 0 Å². The maximum absolute atomic E-state index is 13.0. The lowest BCUT2D eigenvalue weighted by Crippen LogP contribution is -2.23. The minimum atomic E-state index is -3.54. The molecule has 0 saturated carbocycles. The van der Waals surface area contributed by atoms with Crippen molar-refractivity contribution in [2.45, 2.75) is 29.1 Å². The number of hydrogen-bond donors (Lipinski definition) is 0. The van der Waals surface area contributed by atoms with Crippen LogP contribution in [0.15, 0.2) is 119 Å². The van der Waals surface area contributed by atoms with Crippen molar-refractivity contribution in [2.75, 3.05) is 0 Å². The largest absolute Gasteiger partial charge is 0.219 e. The molecule has 0 spiro atoms. The molecule has 0 atom stereocenters. The van der Waals surface area contributed by atoms with Crippen molar-refractivity contribution >= 4 is 20.6 Å². The lowest BCUT2D eigenvalue weighted by atomic mass is 9.68. The first-order valence-corrected chi connectivity index (χ1v) is 12.9. The maximum Gasteiger partial charge on any atom is 0.206 e.